The van der Waals surface area contributed by atoms with Gasteiger partial charge in [0.2, 0.25) is 5.91 Å². The molecular formula is C29H35FN4O3S. The monoisotopic (exact) mass is 538 g/mol. The number of hydrogen-bond acceptors (Lipinski definition) is 5. The molecule has 2 aromatic heterocycles. The van der Waals surface area contributed by atoms with Crippen LogP contribution in [0.5, 0.6) is 0 Å². The zero-order chi connectivity index (χ0) is 26.5. The zero-order valence-electron chi connectivity index (χ0n) is 21.6. The van der Waals surface area contributed by atoms with Gasteiger partial charge in [-0.05, 0) is 80.9 Å². The Kier molecular flexibility index (Phi) is 8.61. The molecule has 9 heteroatoms. The molecule has 2 fully saturated rings. The summed E-state index contributed by atoms with van der Waals surface area (Å²) in [6, 6.07) is 11.2. The van der Waals surface area contributed by atoms with Gasteiger partial charge >= 0.3 is 5.69 Å². The molecule has 2 aliphatic rings. The predicted octanol–water partition coefficient (Wildman–Crippen LogP) is 4.78. The summed E-state index contributed by atoms with van der Waals surface area (Å²) in [6.07, 6.45) is 8.62. The van der Waals surface area contributed by atoms with Crippen molar-refractivity contribution in [2.45, 2.75) is 82.3 Å². The van der Waals surface area contributed by atoms with Gasteiger partial charge in [0.25, 0.3) is 5.56 Å². The molecule has 202 valence electrons. The van der Waals surface area contributed by atoms with Gasteiger partial charge < -0.3 is 5.32 Å². The fraction of sp³-hybridized carbons (Fsp3) is 0.517. The van der Waals surface area contributed by atoms with Gasteiger partial charge in [-0.3, -0.25) is 18.7 Å². The van der Waals surface area contributed by atoms with Crippen LogP contribution in [0.25, 0.3) is 11.0 Å². The van der Waals surface area contributed by atoms with E-state index in [1.54, 1.807) is 4.57 Å². The lowest BCUT2D eigenvalue weighted by molar-refractivity contribution is -0.122. The zero-order valence-corrected chi connectivity index (χ0v) is 22.4. The molecule has 0 spiro atoms. The largest absolute Gasteiger partial charge is 0.353 e. The Hall–Kier alpha value is -2.94. The fourth-order valence-electron chi connectivity index (χ4n) is 5.84. The first-order valence-corrected chi connectivity index (χ1v) is 14.9. The van der Waals surface area contributed by atoms with Crippen molar-refractivity contribution in [3.63, 3.8) is 0 Å². The van der Waals surface area contributed by atoms with Crippen LogP contribution in [0.1, 0.15) is 75.4 Å². The van der Waals surface area contributed by atoms with Gasteiger partial charge in [0, 0.05) is 24.5 Å². The van der Waals surface area contributed by atoms with Crippen molar-refractivity contribution >= 4 is 28.7 Å². The Balaban J connectivity index is 1.24. The summed E-state index contributed by atoms with van der Waals surface area (Å²) < 4.78 is 17.1. The van der Waals surface area contributed by atoms with Crippen molar-refractivity contribution in [3.05, 3.63) is 74.8 Å². The van der Waals surface area contributed by atoms with Crippen molar-refractivity contribution in [1.29, 1.82) is 0 Å². The molecule has 1 amide bonds. The normalized spacial score (nSPS) is 20.4. The van der Waals surface area contributed by atoms with Crippen molar-refractivity contribution < 1.29 is 9.18 Å². The van der Waals surface area contributed by atoms with E-state index in [1.807, 2.05) is 30.0 Å². The number of pyridine rings is 1. The summed E-state index contributed by atoms with van der Waals surface area (Å²) in [5.41, 5.74) is 0.756. The van der Waals surface area contributed by atoms with E-state index in [2.05, 4.69) is 22.4 Å². The molecule has 0 radical (unpaired) electrons. The Morgan fingerprint density at radius 2 is 1.68 bits per heavy atom. The lowest BCUT2D eigenvalue weighted by Crippen LogP contribution is -2.46. The number of hydrogen-bond donors (Lipinski definition) is 1. The lowest BCUT2D eigenvalue weighted by atomic mass is 9.90. The van der Waals surface area contributed by atoms with E-state index in [9.17, 15) is 18.8 Å². The highest BCUT2D eigenvalue weighted by Crippen LogP contribution is 2.30. The van der Waals surface area contributed by atoms with Crippen molar-refractivity contribution in [1.82, 2.24) is 19.4 Å². The molecule has 1 aromatic carbocycles. The van der Waals surface area contributed by atoms with Crippen molar-refractivity contribution in [2.75, 3.05) is 11.5 Å². The molecular weight excluding hydrogens is 503 g/mol. The maximum atomic E-state index is 14.1. The second kappa shape index (κ2) is 12.3. The van der Waals surface area contributed by atoms with Gasteiger partial charge in [-0.1, -0.05) is 30.3 Å². The van der Waals surface area contributed by atoms with Crippen LogP contribution in [0.4, 0.5) is 4.39 Å². The topological polar surface area (TPSA) is 86.0 Å². The molecule has 0 unspecified atom stereocenters. The van der Waals surface area contributed by atoms with Crippen LogP contribution < -0.4 is 16.6 Å². The van der Waals surface area contributed by atoms with Crippen molar-refractivity contribution in [3.8, 4) is 0 Å². The number of nitrogens with one attached hydrogen (secondary N) is 1. The molecule has 7 nitrogen and oxygen atoms in total. The van der Waals surface area contributed by atoms with Gasteiger partial charge in [-0.25, -0.2) is 14.2 Å². The predicted molar refractivity (Wildman–Crippen MR) is 149 cm³/mol. The van der Waals surface area contributed by atoms with E-state index in [1.165, 1.54) is 16.2 Å². The molecule has 1 aliphatic carbocycles. The highest BCUT2D eigenvalue weighted by atomic mass is 32.2. The van der Waals surface area contributed by atoms with Gasteiger partial charge in [-0.2, -0.15) is 11.8 Å². The number of thioether (sulfide) groups is 1. The third-order valence-electron chi connectivity index (χ3n) is 7.87. The number of unbranched alkanes of at least 4 members (excludes halogenated alkanes) is 1. The summed E-state index contributed by atoms with van der Waals surface area (Å²) in [5.74, 6) is 1.36. The van der Waals surface area contributed by atoms with Crippen molar-refractivity contribution in [2.24, 2.45) is 0 Å². The highest BCUT2D eigenvalue weighted by Gasteiger charge is 2.29. The summed E-state index contributed by atoms with van der Waals surface area (Å²) >= 11 is 1.85. The summed E-state index contributed by atoms with van der Waals surface area (Å²) in [7, 11) is 0. The average molecular weight is 539 g/mol. The van der Waals surface area contributed by atoms with Crippen LogP contribution in [0.3, 0.4) is 0 Å². The third-order valence-corrected chi connectivity index (χ3v) is 8.92. The minimum atomic E-state index is -0.583. The highest BCUT2D eigenvalue weighted by molar-refractivity contribution is 7.99. The van der Waals surface area contributed by atoms with Crippen LogP contribution in [-0.2, 0) is 11.2 Å². The number of carbonyl (C=O) groups excluding carboxylic acids is 1. The second-order valence-electron chi connectivity index (χ2n) is 10.5. The number of benzene rings is 1. The van der Waals surface area contributed by atoms with Gasteiger partial charge in [0.15, 0.2) is 0 Å². The summed E-state index contributed by atoms with van der Waals surface area (Å²) in [6.45, 7) is 0. The molecule has 5 rings (SSSR count). The molecule has 0 atom stereocenters. The maximum Gasteiger partial charge on any atom is 0.333 e. The van der Waals surface area contributed by atoms with Gasteiger partial charge in [-0.15, -0.1) is 0 Å². The number of amides is 1. The van der Waals surface area contributed by atoms with Gasteiger partial charge in [0.05, 0.1) is 11.6 Å². The van der Waals surface area contributed by atoms with E-state index in [0.29, 0.717) is 32.1 Å². The number of carbonyl (C=O) groups is 1. The number of halogens is 1. The first-order chi connectivity index (χ1) is 18.5. The van der Waals surface area contributed by atoms with Crippen LogP contribution in [-0.4, -0.2) is 37.6 Å². The maximum absolute atomic E-state index is 14.1. The Bertz CT molecular complexity index is 1380. The first-order valence-electron chi connectivity index (χ1n) is 13.7. The summed E-state index contributed by atoms with van der Waals surface area (Å²) in [5, 5.41) is 3.31. The number of aromatic nitrogens is 3. The average Bonchev–Trinajstić information content (AvgIpc) is 2.94. The molecule has 1 N–H and O–H groups in total. The molecule has 3 aromatic rings. The number of nitrogens with zero attached hydrogens (tertiary/aromatic N) is 3. The molecule has 3 heterocycles. The quantitative estimate of drug-likeness (QED) is 0.417. The Morgan fingerprint density at radius 1 is 0.974 bits per heavy atom. The Labute approximate surface area is 225 Å². The van der Waals surface area contributed by atoms with E-state index in [0.717, 1.165) is 49.8 Å². The number of aryl methyl sites for hydroxylation is 1. The molecule has 1 saturated heterocycles. The van der Waals surface area contributed by atoms with Gasteiger partial charge in [0.1, 0.15) is 11.5 Å². The first kappa shape index (κ1) is 26.7. The number of rotatable bonds is 8. The lowest BCUT2D eigenvalue weighted by Gasteiger charge is -2.31. The summed E-state index contributed by atoms with van der Waals surface area (Å²) in [4.78, 5) is 43.8. The minimum absolute atomic E-state index is 0.0423. The van der Waals surface area contributed by atoms with E-state index in [-0.39, 0.29) is 40.8 Å². The van der Waals surface area contributed by atoms with Crippen LogP contribution in [0.15, 0.2) is 52.2 Å². The van der Waals surface area contributed by atoms with E-state index in [4.69, 9.17) is 0 Å². The van der Waals surface area contributed by atoms with E-state index < -0.39 is 11.4 Å². The van der Waals surface area contributed by atoms with Crippen LogP contribution in [0, 0.1) is 5.82 Å². The minimum Gasteiger partial charge on any atom is -0.353 e. The molecule has 1 aliphatic heterocycles. The molecule has 1 saturated carbocycles. The Morgan fingerprint density at radius 3 is 2.42 bits per heavy atom. The fourth-order valence-corrected chi connectivity index (χ4v) is 6.92. The van der Waals surface area contributed by atoms with Crippen LogP contribution in [0.2, 0.25) is 0 Å². The number of fused-ring (bicyclic) bond motifs is 1. The molecule has 38 heavy (non-hydrogen) atoms. The smallest absolute Gasteiger partial charge is 0.333 e. The second-order valence-corrected chi connectivity index (χ2v) is 11.7. The van der Waals surface area contributed by atoms with Crippen LogP contribution >= 0.6 is 11.8 Å². The third kappa shape index (κ3) is 6.03. The standard InChI is InChI=1S/C29H35FN4O3S/c30-21-18-25-27(31-19-21)33(24-14-16-38-17-15-24)29(37)34(28(25)36)23-12-10-22(11-13-23)32-26(35)9-5-4-8-20-6-2-1-3-7-20/h1-3,6-7,18-19,22-24H,4-5,8-17H2,(H,32,35). The van der Waals surface area contributed by atoms with E-state index >= 15 is 0 Å². The molecule has 0 bridgehead atoms. The SMILES string of the molecule is O=C(CCCCc1ccccc1)NC1CCC(n2c(=O)c3cc(F)cnc3n(C3CCSCC3)c2=O)CC1.